The Morgan fingerprint density at radius 1 is 1.44 bits per heavy atom. The quantitative estimate of drug-likeness (QED) is 0.507. The van der Waals surface area contributed by atoms with Crippen LogP contribution in [0, 0.1) is 6.92 Å². The van der Waals surface area contributed by atoms with Gasteiger partial charge in [0.25, 0.3) is 0 Å². The molecule has 128 valence electrons. The molecule has 1 N–H and O–H groups in total. The highest BCUT2D eigenvalue weighted by Gasteiger charge is 2.15. The zero-order valence-corrected chi connectivity index (χ0v) is 15.3. The van der Waals surface area contributed by atoms with E-state index >= 15 is 0 Å². The van der Waals surface area contributed by atoms with Gasteiger partial charge in [-0.3, -0.25) is 9.36 Å². The zero-order chi connectivity index (χ0) is 17.6. The van der Waals surface area contributed by atoms with E-state index in [4.69, 9.17) is 0 Å². The molecule has 0 aliphatic carbocycles. The standard InChI is InChI=1S/C17H17N5OS2/c1-3-8-22-15(13-6-4-5-12(2)10-13)20-21-17(22)25-11-14(23)19-16-18-7-9-24-16/h3-7,9-10H,1,8,11H2,2H3,(H,18,19,23). The summed E-state index contributed by atoms with van der Waals surface area (Å²) in [6, 6.07) is 8.09. The number of aromatic nitrogens is 4. The van der Waals surface area contributed by atoms with E-state index in [9.17, 15) is 4.79 Å². The van der Waals surface area contributed by atoms with E-state index in [2.05, 4.69) is 33.1 Å². The van der Waals surface area contributed by atoms with Gasteiger partial charge in [0.1, 0.15) is 0 Å². The van der Waals surface area contributed by atoms with Gasteiger partial charge in [0.05, 0.1) is 5.75 Å². The molecule has 2 heterocycles. The largest absolute Gasteiger partial charge is 0.301 e. The summed E-state index contributed by atoms with van der Waals surface area (Å²) in [4.78, 5) is 16.1. The number of rotatable bonds is 7. The molecule has 1 aromatic carbocycles. The third-order valence-electron chi connectivity index (χ3n) is 3.32. The molecular weight excluding hydrogens is 354 g/mol. The van der Waals surface area contributed by atoms with Gasteiger partial charge >= 0.3 is 0 Å². The second-order valence-corrected chi connectivity index (χ2v) is 7.09. The van der Waals surface area contributed by atoms with Crippen LogP contribution in [0.4, 0.5) is 5.13 Å². The topological polar surface area (TPSA) is 72.7 Å². The van der Waals surface area contributed by atoms with Crippen LogP contribution >= 0.6 is 23.1 Å². The normalized spacial score (nSPS) is 10.6. The number of amides is 1. The molecule has 0 saturated carbocycles. The Hall–Kier alpha value is -2.45. The van der Waals surface area contributed by atoms with Gasteiger partial charge in [-0.1, -0.05) is 41.6 Å². The Morgan fingerprint density at radius 3 is 3.04 bits per heavy atom. The van der Waals surface area contributed by atoms with Crippen molar-refractivity contribution in [3.05, 3.63) is 54.1 Å². The number of carbonyl (C=O) groups is 1. The third-order valence-corrected chi connectivity index (χ3v) is 4.97. The number of nitrogens with one attached hydrogen (secondary N) is 1. The van der Waals surface area contributed by atoms with Gasteiger partial charge in [-0.05, 0) is 13.0 Å². The monoisotopic (exact) mass is 371 g/mol. The number of benzene rings is 1. The van der Waals surface area contributed by atoms with E-state index in [0.717, 1.165) is 17.0 Å². The molecular formula is C17H17N5OS2. The summed E-state index contributed by atoms with van der Waals surface area (Å²) in [5.41, 5.74) is 2.15. The van der Waals surface area contributed by atoms with Crippen LogP contribution in [-0.2, 0) is 11.3 Å². The first kappa shape index (κ1) is 17.4. The molecule has 0 aliphatic heterocycles. The Balaban J connectivity index is 1.75. The summed E-state index contributed by atoms with van der Waals surface area (Å²) in [7, 11) is 0. The van der Waals surface area contributed by atoms with E-state index in [0.29, 0.717) is 16.8 Å². The van der Waals surface area contributed by atoms with E-state index in [1.807, 2.05) is 35.1 Å². The van der Waals surface area contributed by atoms with Crippen molar-refractivity contribution >= 4 is 34.1 Å². The summed E-state index contributed by atoms with van der Waals surface area (Å²) in [6.45, 7) is 6.42. The molecule has 0 unspecified atom stereocenters. The Bertz CT molecular complexity index is 873. The minimum atomic E-state index is -0.120. The summed E-state index contributed by atoms with van der Waals surface area (Å²) < 4.78 is 1.96. The molecule has 3 rings (SSSR count). The van der Waals surface area contributed by atoms with Crippen LogP contribution in [0.3, 0.4) is 0 Å². The van der Waals surface area contributed by atoms with Crippen LogP contribution in [0.25, 0.3) is 11.4 Å². The minimum Gasteiger partial charge on any atom is -0.301 e. The van der Waals surface area contributed by atoms with E-state index < -0.39 is 0 Å². The number of allylic oxidation sites excluding steroid dienone is 1. The van der Waals surface area contributed by atoms with Crippen molar-refractivity contribution in [2.75, 3.05) is 11.1 Å². The lowest BCUT2D eigenvalue weighted by Gasteiger charge is -2.08. The predicted octanol–water partition coefficient (Wildman–Crippen LogP) is 3.63. The van der Waals surface area contributed by atoms with Gasteiger partial charge in [0.2, 0.25) is 5.91 Å². The van der Waals surface area contributed by atoms with Gasteiger partial charge in [-0.2, -0.15) is 0 Å². The molecule has 1 amide bonds. The Kier molecular flexibility index (Phi) is 5.62. The number of aryl methyl sites for hydroxylation is 1. The van der Waals surface area contributed by atoms with Crippen LogP contribution < -0.4 is 5.32 Å². The van der Waals surface area contributed by atoms with Crippen LogP contribution in [0.1, 0.15) is 5.56 Å². The number of hydrogen-bond acceptors (Lipinski definition) is 6. The fourth-order valence-corrected chi connectivity index (χ4v) is 3.55. The van der Waals surface area contributed by atoms with Crippen molar-refractivity contribution in [3.8, 4) is 11.4 Å². The van der Waals surface area contributed by atoms with Crippen molar-refractivity contribution in [1.29, 1.82) is 0 Å². The lowest BCUT2D eigenvalue weighted by atomic mass is 10.1. The molecule has 0 radical (unpaired) electrons. The van der Waals surface area contributed by atoms with Crippen LogP contribution in [0.2, 0.25) is 0 Å². The second-order valence-electron chi connectivity index (χ2n) is 5.25. The minimum absolute atomic E-state index is 0.120. The van der Waals surface area contributed by atoms with Crippen molar-refractivity contribution in [1.82, 2.24) is 19.7 Å². The molecule has 0 saturated heterocycles. The highest BCUT2D eigenvalue weighted by atomic mass is 32.2. The first-order valence-electron chi connectivity index (χ1n) is 7.60. The fourth-order valence-electron chi connectivity index (χ4n) is 2.26. The zero-order valence-electron chi connectivity index (χ0n) is 13.7. The number of carbonyl (C=O) groups excluding carboxylic acids is 1. The van der Waals surface area contributed by atoms with Gasteiger partial charge in [0.15, 0.2) is 16.1 Å². The van der Waals surface area contributed by atoms with Gasteiger partial charge in [0, 0.05) is 23.7 Å². The lowest BCUT2D eigenvalue weighted by molar-refractivity contribution is -0.113. The Morgan fingerprint density at radius 2 is 2.32 bits per heavy atom. The first-order valence-corrected chi connectivity index (χ1v) is 9.47. The van der Waals surface area contributed by atoms with Gasteiger partial charge < -0.3 is 5.32 Å². The number of anilines is 1. The van der Waals surface area contributed by atoms with Crippen molar-refractivity contribution in [3.63, 3.8) is 0 Å². The summed E-state index contributed by atoms with van der Waals surface area (Å²) in [5.74, 6) is 0.888. The molecule has 6 nitrogen and oxygen atoms in total. The molecule has 8 heteroatoms. The van der Waals surface area contributed by atoms with Gasteiger partial charge in [-0.25, -0.2) is 4.98 Å². The third kappa shape index (κ3) is 4.34. The van der Waals surface area contributed by atoms with E-state index in [-0.39, 0.29) is 11.7 Å². The average Bonchev–Trinajstić information content (AvgIpc) is 3.23. The maximum atomic E-state index is 12.0. The van der Waals surface area contributed by atoms with E-state index in [1.165, 1.54) is 23.1 Å². The highest BCUT2D eigenvalue weighted by molar-refractivity contribution is 7.99. The lowest BCUT2D eigenvalue weighted by Crippen LogP contribution is -2.14. The average molecular weight is 371 g/mol. The maximum absolute atomic E-state index is 12.0. The SMILES string of the molecule is C=CCn1c(SCC(=O)Nc2nccs2)nnc1-c1cccc(C)c1. The smallest absolute Gasteiger partial charge is 0.236 e. The molecule has 3 aromatic rings. The van der Waals surface area contributed by atoms with Crippen LogP contribution in [0.5, 0.6) is 0 Å². The molecule has 0 atom stereocenters. The molecule has 0 spiro atoms. The highest BCUT2D eigenvalue weighted by Crippen LogP contribution is 2.25. The molecule has 0 fully saturated rings. The molecule has 0 aliphatic rings. The molecule has 0 bridgehead atoms. The summed E-state index contributed by atoms with van der Waals surface area (Å²) >= 11 is 2.73. The second kappa shape index (κ2) is 8.09. The number of thioether (sulfide) groups is 1. The predicted molar refractivity (Wildman–Crippen MR) is 102 cm³/mol. The fraction of sp³-hybridized carbons (Fsp3) is 0.176. The summed E-state index contributed by atoms with van der Waals surface area (Å²) in [5, 5.41) is 14.4. The molecule has 25 heavy (non-hydrogen) atoms. The Labute approximate surface area is 154 Å². The van der Waals surface area contributed by atoms with Crippen LogP contribution in [0.15, 0.2) is 53.7 Å². The van der Waals surface area contributed by atoms with Crippen LogP contribution in [-0.4, -0.2) is 31.4 Å². The van der Waals surface area contributed by atoms with Crippen molar-refractivity contribution < 1.29 is 4.79 Å². The van der Waals surface area contributed by atoms with Gasteiger partial charge in [-0.15, -0.1) is 28.1 Å². The van der Waals surface area contributed by atoms with Crippen molar-refractivity contribution in [2.45, 2.75) is 18.6 Å². The first-order chi connectivity index (χ1) is 12.2. The maximum Gasteiger partial charge on any atom is 0.236 e. The van der Waals surface area contributed by atoms with E-state index in [1.54, 1.807) is 12.3 Å². The number of hydrogen-bond donors (Lipinski definition) is 1. The number of thiazole rings is 1. The summed E-state index contributed by atoms with van der Waals surface area (Å²) in [6.07, 6.45) is 3.45. The number of nitrogens with zero attached hydrogens (tertiary/aromatic N) is 4. The van der Waals surface area contributed by atoms with Crippen molar-refractivity contribution in [2.24, 2.45) is 0 Å². The molecule has 2 aromatic heterocycles.